The fourth-order valence-electron chi connectivity index (χ4n) is 4.84. The zero-order valence-electron chi connectivity index (χ0n) is 17.8. The molecule has 0 radical (unpaired) electrons. The average Bonchev–Trinajstić information content (AvgIpc) is 3.05. The van der Waals surface area contributed by atoms with E-state index < -0.39 is 16.2 Å². The number of hydrogen-bond acceptors (Lipinski definition) is 0. The second kappa shape index (κ2) is 10.9. The van der Waals surface area contributed by atoms with Crippen molar-refractivity contribution in [2.75, 3.05) is 0 Å². The summed E-state index contributed by atoms with van der Waals surface area (Å²) in [5, 5.41) is 0. The van der Waals surface area contributed by atoms with E-state index in [2.05, 4.69) is 54.4 Å². The summed E-state index contributed by atoms with van der Waals surface area (Å²) in [6.07, 6.45) is 19.8. The van der Waals surface area contributed by atoms with Crippen molar-refractivity contribution >= 4 is 9.58 Å². The molecule has 3 rings (SSSR count). The van der Waals surface area contributed by atoms with Crippen molar-refractivity contribution in [3.05, 3.63) is 45.1 Å². The minimum absolute atomic E-state index is 0.615. The molecule has 0 bridgehead atoms. The number of hydrogen-bond donors (Lipinski definition) is 0. The Morgan fingerprint density at radius 2 is 1.29 bits per heavy atom. The van der Waals surface area contributed by atoms with E-state index in [0.717, 1.165) is 0 Å². The van der Waals surface area contributed by atoms with Crippen molar-refractivity contribution in [2.45, 2.75) is 97.4 Å². The van der Waals surface area contributed by atoms with E-state index >= 15 is 0 Å². The molecule has 0 unspecified atom stereocenters. The maximum absolute atomic E-state index is 6.65. The molecule has 1 aromatic heterocycles. The van der Waals surface area contributed by atoms with Gasteiger partial charge in [-0.05, 0) is 0 Å². The zero-order chi connectivity index (χ0) is 19.9. The summed E-state index contributed by atoms with van der Waals surface area (Å²) < 4.78 is 6.30. The molecule has 1 aromatic carbocycles. The van der Waals surface area contributed by atoms with Gasteiger partial charge in [-0.15, -0.1) is 0 Å². The van der Waals surface area contributed by atoms with E-state index in [9.17, 15) is 0 Å². The van der Waals surface area contributed by atoms with Gasteiger partial charge >= 0.3 is 183 Å². The van der Waals surface area contributed by atoms with Gasteiger partial charge in [0.1, 0.15) is 0 Å². The third kappa shape index (κ3) is 5.49. The van der Waals surface area contributed by atoms with Crippen molar-refractivity contribution in [1.82, 2.24) is 9.13 Å². The van der Waals surface area contributed by atoms with Crippen LogP contribution in [0, 0.1) is 24.7 Å². The molecule has 1 fully saturated rings. The van der Waals surface area contributed by atoms with Crippen LogP contribution in [-0.4, -0.2) is 9.13 Å². The van der Waals surface area contributed by atoms with Gasteiger partial charge < -0.3 is 0 Å². The van der Waals surface area contributed by atoms with E-state index in [-0.39, 0.29) is 0 Å². The van der Waals surface area contributed by atoms with E-state index in [4.69, 9.17) is 9.58 Å². The predicted octanol–water partition coefficient (Wildman–Crippen LogP) is 7.82. The van der Waals surface area contributed by atoms with Gasteiger partial charge in [0, 0.05) is 0 Å². The first-order valence-corrected chi connectivity index (χ1v) is 15.2. The van der Waals surface area contributed by atoms with Crippen LogP contribution in [0.2, 0.25) is 0 Å². The summed E-state index contributed by atoms with van der Waals surface area (Å²) in [5.74, 6) is 0. The normalized spacial score (nSPS) is 19.2. The van der Waals surface area contributed by atoms with E-state index in [1.165, 1.54) is 96.9 Å². The first-order valence-electron chi connectivity index (χ1n) is 11.0. The maximum atomic E-state index is 6.65. The molecular formula is C24H36ClIrN2. The molecule has 0 aliphatic heterocycles. The number of rotatable bonds is 2. The van der Waals surface area contributed by atoms with Crippen molar-refractivity contribution < 1.29 is 16.2 Å². The van der Waals surface area contributed by atoms with Gasteiger partial charge in [-0.25, -0.2) is 0 Å². The van der Waals surface area contributed by atoms with Gasteiger partial charge in [0.2, 0.25) is 0 Å². The van der Waals surface area contributed by atoms with Crippen LogP contribution in [0.4, 0.5) is 0 Å². The monoisotopic (exact) mass is 580 g/mol. The number of imidazole rings is 1. The fraction of sp³-hybridized carbons (Fsp3) is 0.625. The minimum atomic E-state index is -0.669. The Balaban J connectivity index is 1.91. The molecule has 1 aliphatic rings. The molecule has 1 saturated carbocycles. The first kappa shape index (κ1) is 22.1. The molecule has 158 valence electrons. The number of halogens is 1. The standard InChI is InChI=1S/C24H36N2.ClH.Ir/c1-20-17-21(2)24(22(3)18-20)26-16-15-25(19-26)23-13-11-9-7-5-4-6-8-10-12-14-23;;/h15-18,23H,4-14H2,1-3H3;1H;/q;;+1/p-1. The Bertz CT molecular complexity index is 798. The summed E-state index contributed by atoms with van der Waals surface area (Å²) in [4.78, 5) is 0. The van der Waals surface area contributed by atoms with Crippen LogP contribution in [0.3, 0.4) is 0 Å². The van der Waals surface area contributed by atoms with Crippen LogP contribution in [0.15, 0.2) is 24.5 Å². The van der Waals surface area contributed by atoms with Crippen molar-refractivity contribution in [3.8, 4) is 5.69 Å². The molecule has 0 saturated heterocycles. The number of nitrogens with zero attached hydrogens (tertiary/aromatic N) is 2. The van der Waals surface area contributed by atoms with E-state index in [1.54, 1.807) is 0 Å². The molecular weight excluding hydrogens is 544 g/mol. The first-order chi connectivity index (χ1) is 13.6. The van der Waals surface area contributed by atoms with Crippen molar-refractivity contribution in [1.29, 1.82) is 0 Å². The van der Waals surface area contributed by atoms with Crippen LogP contribution >= 0.6 is 9.58 Å². The second-order valence-corrected chi connectivity index (χ2v) is 11.1. The Morgan fingerprint density at radius 1 is 0.786 bits per heavy atom. The molecule has 2 aromatic rings. The Hall–Kier alpha value is -0.631. The Morgan fingerprint density at radius 3 is 1.79 bits per heavy atom. The predicted molar refractivity (Wildman–Crippen MR) is 117 cm³/mol. The van der Waals surface area contributed by atoms with Crippen molar-refractivity contribution in [3.63, 3.8) is 0 Å². The number of aromatic nitrogens is 2. The molecule has 28 heavy (non-hydrogen) atoms. The van der Waals surface area contributed by atoms with Crippen LogP contribution in [0.5, 0.6) is 0 Å². The Labute approximate surface area is 182 Å². The summed E-state index contributed by atoms with van der Waals surface area (Å²) >= 11 is -0.669. The third-order valence-electron chi connectivity index (χ3n) is 6.17. The Kier molecular flexibility index (Phi) is 8.63. The number of aryl methyl sites for hydroxylation is 3. The van der Waals surface area contributed by atoms with Crippen LogP contribution in [0.25, 0.3) is 5.69 Å². The molecule has 1 heterocycles. The fourth-order valence-corrected chi connectivity index (χ4v) is 7.38. The summed E-state index contributed by atoms with van der Waals surface area (Å²) in [7, 11) is 6.65. The van der Waals surface area contributed by atoms with Crippen LogP contribution < -0.4 is 0 Å². The van der Waals surface area contributed by atoms with E-state index in [1.807, 2.05) is 0 Å². The van der Waals surface area contributed by atoms with Gasteiger partial charge in [0.25, 0.3) is 0 Å². The molecule has 1 aliphatic carbocycles. The van der Waals surface area contributed by atoms with E-state index in [0.29, 0.717) is 6.04 Å². The quantitative estimate of drug-likeness (QED) is 0.343. The summed E-state index contributed by atoms with van der Waals surface area (Å²) in [6, 6.07) is 5.20. The van der Waals surface area contributed by atoms with Crippen molar-refractivity contribution in [2.24, 2.45) is 0 Å². The average molecular weight is 580 g/mol. The summed E-state index contributed by atoms with van der Waals surface area (Å²) in [6.45, 7) is 6.64. The van der Waals surface area contributed by atoms with Gasteiger partial charge in [-0.1, -0.05) is 0 Å². The topological polar surface area (TPSA) is 9.86 Å². The molecule has 0 N–H and O–H groups in total. The van der Waals surface area contributed by atoms with Gasteiger partial charge in [0.15, 0.2) is 0 Å². The molecule has 0 spiro atoms. The zero-order valence-corrected chi connectivity index (χ0v) is 20.9. The number of benzene rings is 1. The molecule has 2 nitrogen and oxygen atoms in total. The van der Waals surface area contributed by atoms with Gasteiger partial charge in [-0.3, -0.25) is 0 Å². The van der Waals surface area contributed by atoms with Crippen LogP contribution in [0.1, 0.15) is 93.4 Å². The SMILES string of the molecule is Cc1cc(C)c(-n2ccn(C3CCCCCCCCCCC3)[c]2=[Ir][Cl])c(C)c1. The molecule has 0 amide bonds. The van der Waals surface area contributed by atoms with Gasteiger partial charge in [0.05, 0.1) is 0 Å². The second-order valence-electron chi connectivity index (χ2n) is 8.55. The van der Waals surface area contributed by atoms with Crippen LogP contribution in [-0.2, 0) is 16.2 Å². The molecule has 0 atom stereocenters. The molecule has 4 heteroatoms. The summed E-state index contributed by atoms with van der Waals surface area (Å²) in [5.41, 5.74) is 5.35. The third-order valence-corrected chi connectivity index (χ3v) is 8.69. The van der Waals surface area contributed by atoms with Gasteiger partial charge in [-0.2, -0.15) is 0 Å².